The van der Waals surface area contributed by atoms with Crippen LogP contribution < -0.4 is 5.73 Å². The van der Waals surface area contributed by atoms with Crippen LogP contribution in [0.25, 0.3) is 0 Å². The van der Waals surface area contributed by atoms with E-state index in [0.29, 0.717) is 0 Å². The molecule has 0 aromatic rings. The van der Waals surface area contributed by atoms with Gasteiger partial charge in [-0.3, -0.25) is 4.79 Å². The lowest BCUT2D eigenvalue weighted by atomic mass is 9.97. The molecule has 1 saturated heterocycles. The van der Waals surface area contributed by atoms with Gasteiger partial charge in [0, 0.05) is 6.61 Å². The first-order valence-corrected chi connectivity index (χ1v) is 4.16. The van der Waals surface area contributed by atoms with Gasteiger partial charge in [0.25, 0.3) is 0 Å². The summed E-state index contributed by atoms with van der Waals surface area (Å²) in [7, 11) is 0. The maximum absolute atomic E-state index is 10.9. The zero-order valence-electron chi connectivity index (χ0n) is 6.88. The van der Waals surface area contributed by atoms with Crippen molar-refractivity contribution >= 4 is 5.91 Å². The van der Waals surface area contributed by atoms with Gasteiger partial charge in [-0.15, -0.1) is 0 Å². The molecule has 3 nitrogen and oxygen atoms in total. The molecular weight excluding hydrogens is 142 g/mol. The predicted molar refractivity (Wildman–Crippen MR) is 41.9 cm³/mol. The molecule has 11 heavy (non-hydrogen) atoms. The van der Waals surface area contributed by atoms with Crippen molar-refractivity contribution in [1.82, 2.24) is 0 Å². The van der Waals surface area contributed by atoms with E-state index in [0.717, 1.165) is 25.9 Å². The molecule has 0 radical (unpaired) electrons. The first kappa shape index (κ1) is 8.53. The van der Waals surface area contributed by atoms with Crippen molar-refractivity contribution in [3.05, 3.63) is 0 Å². The second-order valence-corrected chi connectivity index (χ2v) is 2.97. The van der Waals surface area contributed by atoms with E-state index in [1.165, 1.54) is 0 Å². The summed E-state index contributed by atoms with van der Waals surface area (Å²) in [6.07, 6.45) is 2.94. The van der Waals surface area contributed by atoms with Crippen LogP contribution in [0, 0.1) is 5.92 Å². The molecule has 0 aromatic heterocycles. The Morgan fingerprint density at radius 1 is 1.82 bits per heavy atom. The summed E-state index contributed by atoms with van der Waals surface area (Å²) in [6, 6.07) is 0. The molecule has 0 saturated carbocycles. The highest BCUT2D eigenvalue weighted by Gasteiger charge is 2.28. The first-order valence-electron chi connectivity index (χ1n) is 4.16. The fourth-order valence-corrected chi connectivity index (χ4v) is 1.57. The smallest absolute Gasteiger partial charge is 0.223 e. The third kappa shape index (κ3) is 1.93. The van der Waals surface area contributed by atoms with Crippen molar-refractivity contribution in [2.75, 3.05) is 6.61 Å². The molecule has 1 amide bonds. The normalized spacial score (nSPS) is 26.8. The molecule has 2 atom stereocenters. The highest BCUT2D eigenvalue weighted by Crippen LogP contribution is 2.22. The third-order valence-electron chi connectivity index (χ3n) is 2.22. The van der Waals surface area contributed by atoms with Crippen LogP contribution in [0.2, 0.25) is 0 Å². The van der Waals surface area contributed by atoms with Crippen molar-refractivity contribution in [3.8, 4) is 0 Å². The number of hydrogen-bond acceptors (Lipinski definition) is 2. The van der Waals surface area contributed by atoms with E-state index in [2.05, 4.69) is 0 Å². The van der Waals surface area contributed by atoms with Gasteiger partial charge in [-0.2, -0.15) is 0 Å². The number of primary amides is 1. The Bertz CT molecular complexity index is 141. The van der Waals surface area contributed by atoms with Crippen molar-refractivity contribution in [3.63, 3.8) is 0 Å². The molecular formula is C8H15NO2. The summed E-state index contributed by atoms with van der Waals surface area (Å²) in [5, 5.41) is 0. The van der Waals surface area contributed by atoms with Gasteiger partial charge >= 0.3 is 0 Å². The lowest BCUT2D eigenvalue weighted by molar-refractivity contribution is -0.125. The Balaban J connectivity index is 2.46. The summed E-state index contributed by atoms with van der Waals surface area (Å²) >= 11 is 0. The number of rotatable bonds is 3. The number of ether oxygens (including phenoxy) is 1. The van der Waals surface area contributed by atoms with Crippen LogP contribution in [0.15, 0.2) is 0 Å². The van der Waals surface area contributed by atoms with Crippen LogP contribution in [-0.2, 0) is 9.53 Å². The Labute approximate surface area is 66.9 Å². The number of carbonyl (C=O) groups is 1. The van der Waals surface area contributed by atoms with Crippen molar-refractivity contribution < 1.29 is 9.53 Å². The minimum atomic E-state index is -0.223. The van der Waals surface area contributed by atoms with Crippen LogP contribution >= 0.6 is 0 Å². The van der Waals surface area contributed by atoms with E-state index in [1.807, 2.05) is 6.92 Å². The lowest BCUT2D eigenvalue weighted by Gasteiger charge is -2.17. The Morgan fingerprint density at radius 3 is 2.91 bits per heavy atom. The van der Waals surface area contributed by atoms with Crippen molar-refractivity contribution in [2.45, 2.75) is 32.3 Å². The van der Waals surface area contributed by atoms with Crippen LogP contribution in [-0.4, -0.2) is 18.6 Å². The van der Waals surface area contributed by atoms with Gasteiger partial charge in [-0.25, -0.2) is 0 Å². The van der Waals surface area contributed by atoms with Gasteiger partial charge in [0.15, 0.2) is 0 Å². The number of carbonyl (C=O) groups excluding carboxylic acids is 1. The molecule has 1 heterocycles. The van der Waals surface area contributed by atoms with Gasteiger partial charge in [0.2, 0.25) is 5.91 Å². The average molecular weight is 157 g/mol. The van der Waals surface area contributed by atoms with E-state index >= 15 is 0 Å². The lowest BCUT2D eigenvalue weighted by Crippen LogP contribution is -2.32. The van der Waals surface area contributed by atoms with Crippen molar-refractivity contribution in [2.24, 2.45) is 11.7 Å². The highest BCUT2D eigenvalue weighted by atomic mass is 16.5. The van der Waals surface area contributed by atoms with E-state index in [1.54, 1.807) is 0 Å². The average Bonchev–Trinajstić information content (AvgIpc) is 2.40. The second-order valence-electron chi connectivity index (χ2n) is 2.97. The SMILES string of the molecule is CCC(C(N)=O)C1CCCO1. The topological polar surface area (TPSA) is 52.3 Å². The Hall–Kier alpha value is -0.570. The number of nitrogens with two attached hydrogens (primary N) is 1. The van der Waals surface area contributed by atoms with E-state index in [4.69, 9.17) is 10.5 Å². The van der Waals surface area contributed by atoms with Crippen LogP contribution in [0.5, 0.6) is 0 Å². The fourth-order valence-electron chi connectivity index (χ4n) is 1.57. The largest absolute Gasteiger partial charge is 0.377 e. The molecule has 0 bridgehead atoms. The minimum absolute atomic E-state index is 0.0718. The summed E-state index contributed by atoms with van der Waals surface area (Å²) in [4.78, 5) is 10.9. The van der Waals surface area contributed by atoms with Crippen LogP contribution in [0.4, 0.5) is 0 Å². The van der Waals surface area contributed by atoms with E-state index in [9.17, 15) is 4.79 Å². The van der Waals surface area contributed by atoms with E-state index < -0.39 is 0 Å². The predicted octanol–water partition coefficient (Wildman–Crippen LogP) is 0.677. The minimum Gasteiger partial charge on any atom is -0.377 e. The standard InChI is InChI=1S/C8H15NO2/c1-2-6(8(9)10)7-4-3-5-11-7/h6-7H,2-5H2,1H3,(H2,9,10). The number of amides is 1. The Morgan fingerprint density at radius 2 is 2.55 bits per heavy atom. The van der Waals surface area contributed by atoms with Crippen molar-refractivity contribution in [1.29, 1.82) is 0 Å². The molecule has 0 aromatic carbocycles. The van der Waals surface area contributed by atoms with Gasteiger partial charge in [0.1, 0.15) is 0 Å². The molecule has 0 aliphatic carbocycles. The number of hydrogen-bond donors (Lipinski definition) is 1. The van der Waals surface area contributed by atoms with Gasteiger partial charge in [-0.05, 0) is 19.3 Å². The molecule has 64 valence electrons. The fraction of sp³-hybridized carbons (Fsp3) is 0.875. The summed E-state index contributed by atoms with van der Waals surface area (Å²) in [6.45, 7) is 2.76. The van der Waals surface area contributed by atoms with Crippen LogP contribution in [0.3, 0.4) is 0 Å². The first-order chi connectivity index (χ1) is 5.25. The molecule has 1 rings (SSSR count). The summed E-state index contributed by atoms with van der Waals surface area (Å²) < 4.78 is 5.37. The third-order valence-corrected chi connectivity index (χ3v) is 2.22. The highest BCUT2D eigenvalue weighted by molar-refractivity contribution is 5.77. The van der Waals surface area contributed by atoms with Crippen LogP contribution in [0.1, 0.15) is 26.2 Å². The maximum Gasteiger partial charge on any atom is 0.223 e. The molecule has 3 heteroatoms. The zero-order chi connectivity index (χ0) is 8.27. The zero-order valence-corrected chi connectivity index (χ0v) is 6.88. The van der Waals surface area contributed by atoms with Gasteiger partial charge < -0.3 is 10.5 Å². The molecule has 1 aliphatic rings. The molecule has 0 spiro atoms. The van der Waals surface area contributed by atoms with Gasteiger partial charge in [0.05, 0.1) is 12.0 Å². The molecule has 2 unspecified atom stereocenters. The monoisotopic (exact) mass is 157 g/mol. The maximum atomic E-state index is 10.9. The summed E-state index contributed by atoms with van der Waals surface area (Å²) in [5.41, 5.74) is 5.21. The summed E-state index contributed by atoms with van der Waals surface area (Å²) in [5.74, 6) is -0.295. The molecule has 1 aliphatic heterocycles. The molecule has 1 fully saturated rings. The Kier molecular flexibility index (Phi) is 2.88. The second kappa shape index (κ2) is 3.72. The van der Waals surface area contributed by atoms with E-state index in [-0.39, 0.29) is 17.9 Å². The molecule has 2 N–H and O–H groups in total. The quantitative estimate of drug-likeness (QED) is 0.654. The van der Waals surface area contributed by atoms with Gasteiger partial charge in [-0.1, -0.05) is 6.92 Å².